The number of benzene rings is 2. The summed E-state index contributed by atoms with van der Waals surface area (Å²) in [5.41, 5.74) is 1.53. The highest BCUT2D eigenvalue weighted by Crippen LogP contribution is 2.27. The molecule has 2 aromatic rings. The van der Waals surface area contributed by atoms with Gasteiger partial charge in [0.2, 0.25) is 5.91 Å². The average Bonchev–Trinajstić information content (AvgIpc) is 3.06. The van der Waals surface area contributed by atoms with E-state index in [1.807, 2.05) is 68.4 Å². The van der Waals surface area contributed by atoms with Gasteiger partial charge in [0.1, 0.15) is 6.04 Å². The Morgan fingerprint density at radius 2 is 1.65 bits per heavy atom. The predicted octanol–water partition coefficient (Wildman–Crippen LogP) is 3.81. The molecular weight excluding hydrogens is 330 g/mol. The molecule has 6 nitrogen and oxygen atoms in total. The van der Waals surface area contributed by atoms with Crippen LogP contribution in [0.15, 0.2) is 64.8 Å². The number of hydrogen-bond acceptors (Lipinski definition) is 5. The number of esters is 1. The molecule has 1 aliphatic rings. The molecule has 26 heavy (non-hydrogen) atoms. The molecule has 0 aliphatic carbocycles. The van der Waals surface area contributed by atoms with Crippen molar-refractivity contribution in [1.29, 1.82) is 0 Å². The summed E-state index contributed by atoms with van der Waals surface area (Å²) in [4.78, 5) is 24.1. The SMILES string of the molecule is CC(C)(C(=O)NC1CCOC1=O)c1ccc(N=Nc2ccccc2)cc1. The summed E-state index contributed by atoms with van der Waals surface area (Å²) in [6.45, 7) is 4.00. The Bertz CT molecular complexity index is 814. The third-order valence-corrected chi connectivity index (χ3v) is 4.43. The summed E-state index contributed by atoms with van der Waals surface area (Å²) < 4.78 is 4.89. The smallest absolute Gasteiger partial charge is 0.328 e. The van der Waals surface area contributed by atoms with Crippen LogP contribution in [0.4, 0.5) is 11.4 Å². The topological polar surface area (TPSA) is 80.1 Å². The van der Waals surface area contributed by atoms with E-state index in [0.29, 0.717) is 18.7 Å². The fourth-order valence-corrected chi connectivity index (χ4v) is 2.65. The lowest BCUT2D eigenvalue weighted by atomic mass is 9.83. The van der Waals surface area contributed by atoms with Gasteiger partial charge in [-0.3, -0.25) is 4.79 Å². The van der Waals surface area contributed by atoms with Gasteiger partial charge in [-0.1, -0.05) is 30.3 Å². The molecule has 1 aliphatic heterocycles. The zero-order valence-corrected chi connectivity index (χ0v) is 14.8. The van der Waals surface area contributed by atoms with Crippen molar-refractivity contribution in [3.8, 4) is 0 Å². The standard InChI is InChI=1S/C20H21N3O3/c1-20(2,19(25)21-17-12-13-26-18(17)24)14-8-10-16(11-9-14)23-22-15-6-4-3-5-7-15/h3-11,17H,12-13H2,1-2H3,(H,21,25). The summed E-state index contributed by atoms with van der Waals surface area (Å²) in [6.07, 6.45) is 0.513. The van der Waals surface area contributed by atoms with Crippen molar-refractivity contribution in [3.63, 3.8) is 0 Å². The second-order valence-corrected chi connectivity index (χ2v) is 6.69. The highest BCUT2D eigenvalue weighted by Gasteiger charge is 2.35. The lowest BCUT2D eigenvalue weighted by Crippen LogP contribution is -2.46. The summed E-state index contributed by atoms with van der Waals surface area (Å²) >= 11 is 0. The van der Waals surface area contributed by atoms with Gasteiger partial charge in [-0.15, -0.1) is 0 Å². The minimum Gasteiger partial charge on any atom is -0.464 e. The van der Waals surface area contributed by atoms with E-state index in [2.05, 4.69) is 15.5 Å². The Balaban J connectivity index is 1.69. The number of nitrogens with zero attached hydrogens (tertiary/aromatic N) is 2. The molecule has 0 bridgehead atoms. The summed E-state index contributed by atoms with van der Waals surface area (Å²) in [5, 5.41) is 11.1. The molecule has 1 N–H and O–H groups in total. The maximum atomic E-state index is 12.6. The molecule has 3 rings (SSSR count). The number of carbonyl (C=O) groups excluding carboxylic acids is 2. The van der Waals surface area contributed by atoms with Crippen LogP contribution in [-0.4, -0.2) is 24.5 Å². The van der Waals surface area contributed by atoms with E-state index in [4.69, 9.17) is 4.74 Å². The number of carbonyl (C=O) groups is 2. The van der Waals surface area contributed by atoms with Crippen molar-refractivity contribution in [1.82, 2.24) is 5.32 Å². The first-order chi connectivity index (χ1) is 12.5. The van der Waals surface area contributed by atoms with Gasteiger partial charge < -0.3 is 10.1 Å². The third-order valence-electron chi connectivity index (χ3n) is 4.43. The van der Waals surface area contributed by atoms with E-state index in [0.717, 1.165) is 11.3 Å². The minimum absolute atomic E-state index is 0.208. The highest BCUT2D eigenvalue weighted by molar-refractivity contribution is 5.91. The van der Waals surface area contributed by atoms with Crippen molar-refractivity contribution in [2.24, 2.45) is 10.2 Å². The van der Waals surface area contributed by atoms with Crippen LogP contribution in [0.3, 0.4) is 0 Å². The Labute approximate surface area is 152 Å². The molecule has 0 radical (unpaired) electrons. The summed E-state index contributed by atoms with van der Waals surface area (Å²) in [5.74, 6) is -0.578. The number of cyclic esters (lactones) is 1. The first-order valence-electron chi connectivity index (χ1n) is 8.52. The van der Waals surface area contributed by atoms with Gasteiger partial charge >= 0.3 is 5.97 Å². The Morgan fingerprint density at radius 1 is 1.04 bits per heavy atom. The number of ether oxygens (including phenoxy) is 1. The zero-order chi connectivity index (χ0) is 18.6. The maximum Gasteiger partial charge on any atom is 0.328 e. The molecule has 1 saturated heterocycles. The van der Waals surface area contributed by atoms with Gasteiger partial charge in [-0.25, -0.2) is 4.79 Å². The number of amides is 1. The molecule has 2 aromatic carbocycles. The van der Waals surface area contributed by atoms with Crippen LogP contribution >= 0.6 is 0 Å². The molecule has 6 heteroatoms. The highest BCUT2D eigenvalue weighted by atomic mass is 16.5. The van der Waals surface area contributed by atoms with Crippen molar-refractivity contribution in [3.05, 3.63) is 60.2 Å². The lowest BCUT2D eigenvalue weighted by molar-refractivity contribution is -0.142. The molecule has 1 unspecified atom stereocenters. The van der Waals surface area contributed by atoms with Gasteiger partial charge in [-0.2, -0.15) is 10.2 Å². The van der Waals surface area contributed by atoms with Gasteiger partial charge in [-0.05, 0) is 43.7 Å². The number of hydrogen-bond donors (Lipinski definition) is 1. The van der Waals surface area contributed by atoms with Crippen LogP contribution in [0, 0.1) is 0 Å². The Hall–Kier alpha value is -3.02. The van der Waals surface area contributed by atoms with E-state index in [-0.39, 0.29) is 11.9 Å². The Kier molecular flexibility index (Phi) is 5.11. The second kappa shape index (κ2) is 7.47. The van der Waals surface area contributed by atoms with Gasteiger partial charge in [0.05, 0.1) is 23.4 Å². The third kappa shape index (κ3) is 3.96. The number of rotatable bonds is 5. The van der Waals surface area contributed by atoms with E-state index < -0.39 is 11.5 Å². The minimum atomic E-state index is -0.780. The molecule has 1 amide bonds. The number of nitrogens with one attached hydrogen (secondary N) is 1. The van der Waals surface area contributed by atoms with E-state index in [1.165, 1.54) is 0 Å². The average molecular weight is 351 g/mol. The van der Waals surface area contributed by atoms with E-state index in [9.17, 15) is 9.59 Å². The summed E-state index contributed by atoms with van der Waals surface area (Å²) in [7, 11) is 0. The van der Waals surface area contributed by atoms with Crippen molar-refractivity contribution in [2.75, 3.05) is 6.61 Å². The number of azo groups is 1. The maximum absolute atomic E-state index is 12.6. The van der Waals surface area contributed by atoms with Crippen LogP contribution in [0.25, 0.3) is 0 Å². The molecule has 0 aromatic heterocycles. The first-order valence-corrected chi connectivity index (χ1v) is 8.52. The fraction of sp³-hybridized carbons (Fsp3) is 0.300. The molecule has 0 spiro atoms. The van der Waals surface area contributed by atoms with Gasteiger partial charge in [0, 0.05) is 6.42 Å². The van der Waals surface area contributed by atoms with Crippen LogP contribution < -0.4 is 5.32 Å². The second-order valence-electron chi connectivity index (χ2n) is 6.69. The molecule has 134 valence electrons. The normalized spacial score (nSPS) is 17.3. The van der Waals surface area contributed by atoms with Crippen LogP contribution in [0.5, 0.6) is 0 Å². The summed E-state index contributed by atoms with van der Waals surface area (Å²) in [6, 6.07) is 16.3. The molecule has 1 heterocycles. The molecular formula is C20H21N3O3. The van der Waals surface area contributed by atoms with Crippen molar-refractivity contribution < 1.29 is 14.3 Å². The predicted molar refractivity (Wildman–Crippen MR) is 97.6 cm³/mol. The Morgan fingerprint density at radius 3 is 2.23 bits per heavy atom. The van der Waals surface area contributed by atoms with Crippen LogP contribution in [0.1, 0.15) is 25.8 Å². The van der Waals surface area contributed by atoms with E-state index >= 15 is 0 Å². The van der Waals surface area contributed by atoms with Crippen molar-refractivity contribution in [2.45, 2.75) is 31.7 Å². The molecule has 0 saturated carbocycles. The van der Waals surface area contributed by atoms with Crippen molar-refractivity contribution >= 4 is 23.3 Å². The monoisotopic (exact) mass is 351 g/mol. The lowest BCUT2D eigenvalue weighted by Gasteiger charge is -2.25. The quantitative estimate of drug-likeness (QED) is 0.657. The fourth-order valence-electron chi connectivity index (χ4n) is 2.65. The zero-order valence-electron chi connectivity index (χ0n) is 14.8. The molecule has 1 fully saturated rings. The van der Waals surface area contributed by atoms with Gasteiger partial charge in [0.15, 0.2) is 0 Å². The largest absolute Gasteiger partial charge is 0.464 e. The van der Waals surface area contributed by atoms with E-state index in [1.54, 1.807) is 0 Å². The molecule has 1 atom stereocenters. The van der Waals surface area contributed by atoms with Crippen LogP contribution in [-0.2, 0) is 19.7 Å². The first kappa shape index (κ1) is 17.8. The van der Waals surface area contributed by atoms with Crippen LogP contribution in [0.2, 0.25) is 0 Å². The van der Waals surface area contributed by atoms with Gasteiger partial charge in [0.25, 0.3) is 0 Å².